The molecule has 1 amide bonds. The van der Waals surface area contributed by atoms with Crippen molar-refractivity contribution in [3.05, 3.63) is 40.5 Å². The number of pyridine rings is 1. The van der Waals surface area contributed by atoms with Crippen LogP contribution in [-0.2, 0) is 9.53 Å². The van der Waals surface area contributed by atoms with Crippen LogP contribution in [0.1, 0.15) is 32.4 Å². The second-order valence-corrected chi connectivity index (χ2v) is 6.81. The molecule has 0 aliphatic carbocycles. The summed E-state index contributed by atoms with van der Waals surface area (Å²) in [6.07, 6.45) is 0.780. The maximum absolute atomic E-state index is 11.9. The summed E-state index contributed by atoms with van der Waals surface area (Å²) in [5.41, 5.74) is 0.181. The second kappa shape index (κ2) is 6.54. The van der Waals surface area contributed by atoms with E-state index in [-0.39, 0.29) is 0 Å². The molecule has 0 radical (unpaired) electrons. The standard InChI is InChI=1S/C16H17BrN2O4/c1-16(2,3)23-15(22)19-13(14(20)21)10-6-7-11(17)9-5-4-8-18-12(9)10/h4-8,13H,1-3H3,(H,19,22)(H,20,21). The van der Waals surface area contributed by atoms with Gasteiger partial charge in [-0.05, 0) is 32.9 Å². The van der Waals surface area contributed by atoms with Gasteiger partial charge in [-0.15, -0.1) is 0 Å². The normalized spacial score (nSPS) is 12.7. The Balaban J connectivity index is 2.41. The zero-order valence-electron chi connectivity index (χ0n) is 13.0. The number of hydrogen-bond acceptors (Lipinski definition) is 4. The lowest BCUT2D eigenvalue weighted by Crippen LogP contribution is -2.38. The molecule has 0 saturated heterocycles. The molecular formula is C16H17BrN2O4. The third-order valence-corrected chi connectivity index (χ3v) is 3.66. The van der Waals surface area contributed by atoms with Crippen LogP contribution < -0.4 is 5.32 Å². The number of amides is 1. The Morgan fingerprint density at radius 1 is 1.30 bits per heavy atom. The molecule has 122 valence electrons. The number of halogens is 1. The summed E-state index contributed by atoms with van der Waals surface area (Å²) < 4.78 is 5.93. The lowest BCUT2D eigenvalue weighted by atomic mass is 10.0. The van der Waals surface area contributed by atoms with Crippen LogP contribution in [0.5, 0.6) is 0 Å². The van der Waals surface area contributed by atoms with Gasteiger partial charge in [0, 0.05) is 21.6 Å². The highest BCUT2D eigenvalue weighted by Crippen LogP contribution is 2.29. The zero-order valence-corrected chi connectivity index (χ0v) is 14.5. The Morgan fingerprint density at radius 3 is 2.61 bits per heavy atom. The molecule has 1 aromatic heterocycles. The van der Waals surface area contributed by atoms with Crippen LogP contribution in [0.3, 0.4) is 0 Å². The molecule has 0 saturated carbocycles. The van der Waals surface area contributed by atoms with Crippen LogP contribution >= 0.6 is 15.9 Å². The van der Waals surface area contributed by atoms with Crippen LogP contribution in [-0.4, -0.2) is 27.8 Å². The zero-order chi connectivity index (χ0) is 17.2. The van der Waals surface area contributed by atoms with Gasteiger partial charge in [0.2, 0.25) is 0 Å². The lowest BCUT2D eigenvalue weighted by molar-refractivity contribution is -0.139. The molecule has 2 aromatic rings. The fraction of sp³-hybridized carbons (Fsp3) is 0.312. The molecule has 1 atom stereocenters. The number of aromatic nitrogens is 1. The third kappa shape index (κ3) is 4.19. The maximum atomic E-state index is 11.9. The van der Waals surface area contributed by atoms with Crippen molar-refractivity contribution in [1.82, 2.24) is 10.3 Å². The Morgan fingerprint density at radius 2 is 2.00 bits per heavy atom. The number of nitrogens with one attached hydrogen (secondary N) is 1. The molecule has 6 nitrogen and oxygen atoms in total. The summed E-state index contributed by atoms with van der Waals surface area (Å²) in [5, 5.41) is 12.6. The highest BCUT2D eigenvalue weighted by molar-refractivity contribution is 9.10. The molecule has 1 unspecified atom stereocenters. The van der Waals surface area contributed by atoms with E-state index in [1.54, 1.807) is 45.2 Å². The van der Waals surface area contributed by atoms with E-state index in [0.29, 0.717) is 11.1 Å². The summed E-state index contributed by atoms with van der Waals surface area (Å²) in [6, 6.07) is 5.67. The van der Waals surface area contributed by atoms with Gasteiger partial charge in [-0.2, -0.15) is 0 Å². The van der Waals surface area contributed by atoms with Crippen LogP contribution in [0.4, 0.5) is 4.79 Å². The molecule has 7 heteroatoms. The van der Waals surface area contributed by atoms with E-state index in [4.69, 9.17) is 4.74 Å². The molecule has 1 aromatic carbocycles. The number of ether oxygens (including phenoxy) is 1. The molecule has 2 rings (SSSR count). The van der Waals surface area contributed by atoms with E-state index in [9.17, 15) is 14.7 Å². The van der Waals surface area contributed by atoms with E-state index in [1.165, 1.54) is 0 Å². The van der Waals surface area contributed by atoms with Gasteiger partial charge < -0.3 is 15.2 Å². The van der Waals surface area contributed by atoms with E-state index >= 15 is 0 Å². The minimum atomic E-state index is -1.25. The second-order valence-electron chi connectivity index (χ2n) is 5.95. The number of carboxylic acid groups (broad SMARTS) is 1. The molecular weight excluding hydrogens is 364 g/mol. The predicted octanol–water partition coefficient (Wildman–Crippen LogP) is 3.65. The highest BCUT2D eigenvalue weighted by Gasteiger charge is 2.27. The van der Waals surface area contributed by atoms with Gasteiger partial charge in [-0.3, -0.25) is 4.98 Å². The maximum Gasteiger partial charge on any atom is 0.408 e. The molecule has 23 heavy (non-hydrogen) atoms. The molecule has 1 heterocycles. The Hall–Kier alpha value is -2.15. The summed E-state index contributed by atoms with van der Waals surface area (Å²) in [5.74, 6) is -1.19. The number of nitrogens with zero attached hydrogens (tertiary/aromatic N) is 1. The van der Waals surface area contributed by atoms with Crippen LogP contribution in [0.2, 0.25) is 0 Å². The van der Waals surface area contributed by atoms with Gasteiger partial charge in [0.05, 0.1) is 5.52 Å². The summed E-state index contributed by atoms with van der Waals surface area (Å²) in [4.78, 5) is 27.8. The Bertz CT molecular complexity index is 755. The van der Waals surface area contributed by atoms with Crippen molar-refractivity contribution in [3.63, 3.8) is 0 Å². The fourth-order valence-electron chi connectivity index (χ4n) is 2.09. The van der Waals surface area contributed by atoms with Gasteiger partial charge in [-0.25, -0.2) is 9.59 Å². The first-order valence-corrected chi connectivity index (χ1v) is 7.74. The third-order valence-electron chi connectivity index (χ3n) is 2.97. The molecule has 2 N–H and O–H groups in total. The predicted molar refractivity (Wildman–Crippen MR) is 89.2 cm³/mol. The molecule has 0 fully saturated rings. The van der Waals surface area contributed by atoms with Gasteiger partial charge >= 0.3 is 12.1 Å². The average Bonchev–Trinajstić information content (AvgIpc) is 2.44. The van der Waals surface area contributed by atoms with E-state index in [1.807, 2.05) is 6.07 Å². The van der Waals surface area contributed by atoms with Gasteiger partial charge in [0.1, 0.15) is 5.60 Å². The first-order valence-electron chi connectivity index (χ1n) is 6.94. The number of carbonyl (C=O) groups excluding carboxylic acids is 1. The quantitative estimate of drug-likeness (QED) is 0.848. The van der Waals surface area contributed by atoms with E-state index in [2.05, 4.69) is 26.2 Å². The first kappa shape index (κ1) is 17.2. The van der Waals surface area contributed by atoms with Gasteiger partial charge in [0.15, 0.2) is 6.04 Å². The number of benzene rings is 1. The van der Waals surface area contributed by atoms with Crippen molar-refractivity contribution in [2.24, 2.45) is 0 Å². The topological polar surface area (TPSA) is 88.5 Å². The smallest absolute Gasteiger partial charge is 0.408 e. The minimum Gasteiger partial charge on any atom is -0.479 e. The van der Waals surface area contributed by atoms with Crippen molar-refractivity contribution in [3.8, 4) is 0 Å². The summed E-state index contributed by atoms with van der Waals surface area (Å²) >= 11 is 3.41. The Labute approximate surface area is 142 Å². The van der Waals surface area contributed by atoms with E-state index < -0.39 is 23.7 Å². The van der Waals surface area contributed by atoms with Crippen LogP contribution in [0.15, 0.2) is 34.9 Å². The van der Waals surface area contributed by atoms with Crippen molar-refractivity contribution in [2.75, 3.05) is 0 Å². The van der Waals surface area contributed by atoms with E-state index in [0.717, 1.165) is 9.86 Å². The van der Waals surface area contributed by atoms with Crippen LogP contribution in [0.25, 0.3) is 10.9 Å². The fourth-order valence-corrected chi connectivity index (χ4v) is 2.54. The monoisotopic (exact) mass is 380 g/mol. The summed E-state index contributed by atoms with van der Waals surface area (Å²) in [6.45, 7) is 5.12. The number of fused-ring (bicyclic) bond motifs is 1. The lowest BCUT2D eigenvalue weighted by Gasteiger charge is -2.22. The minimum absolute atomic E-state index is 0.391. The Kier molecular flexibility index (Phi) is 4.89. The number of hydrogen-bond donors (Lipinski definition) is 2. The number of carboxylic acids is 1. The molecule has 0 aliphatic heterocycles. The number of rotatable bonds is 3. The van der Waals surface area contributed by atoms with Crippen molar-refractivity contribution < 1.29 is 19.4 Å². The number of alkyl carbamates (subject to hydrolysis) is 1. The van der Waals surface area contributed by atoms with Crippen molar-refractivity contribution in [2.45, 2.75) is 32.4 Å². The molecule has 0 spiro atoms. The van der Waals surface area contributed by atoms with Crippen molar-refractivity contribution >= 4 is 38.9 Å². The number of aliphatic carboxylic acids is 1. The first-order chi connectivity index (χ1) is 10.7. The number of carbonyl (C=O) groups is 2. The van der Waals surface area contributed by atoms with Crippen LogP contribution in [0, 0.1) is 0 Å². The molecule has 0 bridgehead atoms. The highest BCUT2D eigenvalue weighted by atomic mass is 79.9. The summed E-state index contributed by atoms with van der Waals surface area (Å²) in [7, 11) is 0. The SMILES string of the molecule is CC(C)(C)OC(=O)NC(C(=O)O)c1ccc(Br)c2cccnc12. The van der Waals surface area contributed by atoms with Gasteiger partial charge in [-0.1, -0.05) is 28.1 Å². The van der Waals surface area contributed by atoms with Gasteiger partial charge in [0.25, 0.3) is 0 Å². The average molecular weight is 381 g/mol. The van der Waals surface area contributed by atoms with Crippen molar-refractivity contribution in [1.29, 1.82) is 0 Å². The molecule has 0 aliphatic rings. The largest absolute Gasteiger partial charge is 0.479 e.